The fourth-order valence-electron chi connectivity index (χ4n) is 1.57. The Kier molecular flexibility index (Phi) is 7.71. The van der Waals surface area contributed by atoms with E-state index in [0.717, 1.165) is 0 Å². The van der Waals surface area contributed by atoms with Gasteiger partial charge in [-0.2, -0.15) is 0 Å². The second-order valence-electron chi connectivity index (χ2n) is 4.80. The summed E-state index contributed by atoms with van der Waals surface area (Å²) in [6.45, 7) is 9.22. The van der Waals surface area contributed by atoms with Gasteiger partial charge in [0.1, 0.15) is 0 Å². The van der Waals surface area contributed by atoms with Crippen molar-refractivity contribution in [1.29, 1.82) is 0 Å². The average Bonchev–Trinajstić information content (AvgIpc) is 2.28. The van der Waals surface area contributed by atoms with Crippen molar-refractivity contribution in [2.24, 2.45) is 0 Å². The molecule has 0 saturated carbocycles. The zero-order valence-corrected chi connectivity index (χ0v) is 15.5. The normalized spacial score (nSPS) is 12.4. The zero-order valence-electron chi connectivity index (χ0n) is 11.8. The number of hydrogen-bond donors (Lipinski definition) is 0. The van der Waals surface area contributed by atoms with Crippen LogP contribution in [0.25, 0.3) is 0 Å². The van der Waals surface area contributed by atoms with Crippen molar-refractivity contribution in [2.45, 2.75) is 32.5 Å². The summed E-state index contributed by atoms with van der Waals surface area (Å²) in [6, 6.07) is 10.4. The van der Waals surface area contributed by atoms with Crippen molar-refractivity contribution in [3.8, 4) is 0 Å². The lowest BCUT2D eigenvalue weighted by Gasteiger charge is -2.23. The second-order valence-corrected chi connectivity index (χ2v) is 11.1. The molecule has 102 valence electrons. The predicted molar refractivity (Wildman–Crippen MR) is 84.3 cm³/mol. The molecule has 0 radical (unpaired) electrons. The molecule has 0 unspecified atom stereocenters. The van der Waals surface area contributed by atoms with E-state index in [2.05, 4.69) is 50.5 Å². The number of hydrogen-bond acceptors (Lipinski definition) is 3. The van der Waals surface area contributed by atoms with E-state index in [1.165, 1.54) is 5.19 Å². The summed E-state index contributed by atoms with van der Waals surface area (Å²) >= 11 is 0. The molecule has 0 N–H and O–H groups in total. The first kappa shape index (κ1) is 15.8. The van der Waals surface area contributed by atoms with E-state index >= 15 is 0 Å². The van der Waals surface area contributed by atoms with Gasteiger partial charge in [-0.05, 0) is 31.4 Å². The van der Waals surface area contributed by atoms with Gasteiger partial charge in [0.15, 0.2) is 34.1 Å². The molecular formula is C12H24O3Si3. The third-order valence-electron chi connectivity index (χ3n) is 2.21. The van der Waals surface area contributed by atoms with E-state index in [-0.39, 0.29) is 6.29 Å². The van der Waals surface area contributed by atoms with Crippen LogP contribution in [0.2, 0.25) is 26.2 Å². The fourth-order valence-corrected chi connectivity index (χ4v) is 4.20. The van der Waals surface area contributed by atoms with Crippen LogP contribution in [-0.2, 0) is 13.3 Å². The summed E-state index contributed by atoms with van der Waals surface area (Å²) in [5.74, 6) is 0. The average molecular weight is 301 g/mol. The standard InChI is InChI=1S/C12H24O3Si3/c1-17(2)14-12(15-18(3)4)10-13-16-11-8-6-5-7-9-11/h5-9,12,17-18H,10,16H2,1-4H3. The summed E-state index contributed by atoms with van der Waals surface area (Å²) in [6.07, 6.45) is -0.139. The SMILES string of the molecule is C[SiH](C)OC(CO[SiH2]c1ccccc1)O[SiH](C)C. The lowest BCUT2D eigenvalue weighted by Crippen LogP contribution is -2.33. The molecule has 0 aromatic heterocycles. The van der Waals surface area contributed by atoms with Crippen LogP contribution in [0.4, 0.5) is 0 Å². The highest BCUT2D eigenvalue weighted by Crippen LogP contribution is 2.01. The van der Waals surface area contributed by atoms with E-state index in [1.807, 2.05) is 6.07 Å². The smallest absolute Gasteiger partial charge is 0.192 e. The molecule has 1 aromatic rings. The van der Waals surface area contributed by atoms with Crippen molar-refractivity contribution in [2.75, 3.05) is 6.61 Å². The van der Waals surface area contributed by atoms with Gasteiger partial charge >= 0.3 is 0 Å². The third-order valence-corrected chi connectivity index (χ3v) is 5.15. The Labute approximate surface area is 116 Å². The maximum Gasteiger partial charge on any atom is 0.192 e. The Morgan fingerprint density at radius 2 is 1.56 bits per heavy atom. The quantitative estimate of drug-likeness (QED) is 0.523. The van der Waals surface area contributed by atoms with Crippen LogP contribution in [-0.4, -0.2) is 40.7 Å². The van der Waals surface area contributed by atoms with Crippen LogP contribution < -0.4 is 5.19 Å². The molecule has 0 aliphatic rings. The van der Waals surface area contributed by atoms with E-state index in [0.29, 0.717) is 6.61 Å². The molecule has 18 heavy (non-hydrogen) atoms. The topological polar surface area (TPSA) is 27.7 Å². The van der Waals surface area contributed by atoms with Crippen LogP contribution >= 0.6 is 0 Å². The molecule has 0 fully saturated rings. The summed E-state index contributed by atoms with van der Waals surface area (Å²) in [7, 11) is -2.79. The highest BCUT2D eigenvalue weighted by Gasteiger charge is 2.14. The highest BCUT2D eigenvalue weighted by atomic mass is 28.3. The molecule has 0 saturated heterocycles. The lowest BCUT2D eigenvalue weighted by molar-refractivity contribution is -0.0300. The molecule has 0 atom stereocenters. The Balaban J connectivity index is 2.32. The van der Waals surface area contributed by atoms with Gasteiger partial charge in [-0.15, -0.1) is 0 Å². The minimum atomic E-state index is -1.07. The molecule has 0 aliphatic carbocycles. The minimum absolute atomic E-state index is 0.139. The molecule has 0 amide bonds. The molecule has 1 aromatic carbocycles. The molecule has 6 heteroatoms. The van der Waals surface area contributed by atoms with Gasteiger partial charge < -0.3 is 13.3 Å². The number of rotatable bonds is 8. The van der Waals surface area contributed by atoms with Gasteiger partial charge in [-0.1, -0.05) is 30.3 Å². The second kappa shape index (κ2) is 8.78. The van der Waals surface area contributed by atoms with Crippen LogP contribution in [0.1, 0.15) is 0 Å². The Hall–Kier alpha value is -0.249. The summed E-state index contributed by atoms with van der Waals surface area (Å²) in [5, 5.41) is 1.32. The van der Waals surface area contributed by atoms with Gasteiger partial charge in [-0.3, -0.25) is 0 Å². The molecule has 0 spiro atoms. The van der Waals surface area contributed by atoms with Crippen LogP contribution in [0.15, 0.2) is 30.3 Å². The maximum absolute atomic E-state index is 5.85. The minimum Gasteiger partial charge on any atom is -0.413 e. The van der Waals surface area contributed by atoms with Crippen LogP contribution in [0, 0.1) is 0 Å². The zero-order chi connectivity index (χ0) is 13.4. The summed E-state index contributed by atoms with van der Waals surface area (Å²) in [4.78, 5) is 0. The van der Waals surface area contributed by atoms with Crippen LogP contribution in [0.5, 0.6) is 0 Å². The Morgan fingerprint density at radius 3 is 2.06 bits per heavy atom. The first-order chi connectivity index (χ1) is 8.58. The van der Waals surface area contributed by atoms with Crippen molar-refractivity contribution >= 4 is 33.0 Å². The van der Waals surface area contributed by atoms with Gasteiger partial charge in [0, 0.05) is 0 Å². The Bertz CT molecular complexity index is 310. The van der Waals surface area contributed by atoms with Crippen LogP contribution in [0.3, 0.4) is 0 Å². The molecule has 0 aliphatic heterocycles. The van der Waals surface area contributed by atoms with E-state index < -0.39 is 27.8 Å². The largest absolute Gasteiger partial charge is 0.413 e. The third kappa shape index (κ3) is 7.24. The first-order valence-electron chi connectivity index (χ1n) is 6.50. The fraction of sp³-hybridized carbons (Fsp3) is 0.500. The van der Waals surface area contributed by atoms with Crippen molar-refractivity contribution < 1.29 is 13.3 Å². The van der Waals surface area contributed by atoms with Gasteiger partial charge in [0.25, 0.3) is 0 Å². The molecule has 0 heterocycles. The Morgan fingerprint density at radius 1 is 1.00 bits per heavy atom. The molecule has 1 rings (SSSR count). The molecular weight excluding hydrogens is 276 g/mol. The monoisotopic (exact) mass is 300 g/mol. The van der Waals surface area contributed by atoms with Gasteiger partial charge in [-0.25, -0.2) is 0 Å². The summed E-state index contributed by atoms with van der Waals surface area (Å²) < 4.78 is 17.5. The van der Waals surface area contributed by atoms with Crippen molar-refractivity contribution in [3.63, 3.8) is 0 Å². The van der Waals surface area contributed by atoms with E-state index in [1.54, 1.807) is 0 Å². The molecule has 0 bridgehead atoms. The highest BCUT2D eigenvalue weighted by molar-refractivity contribution is 6.49. The van der Waals surface area contributed by atoms with Crippen molar-refractivity contribution in [1.82, 2.24) is 0 Å². The first-order valence-corrected chi connectivity index (χ1v) is 13.3. The lowest BCUT2D eigenvalue weighted by atomic mass is 10.4. The van der Waals surface area contributed by atoms with Crippen molar-refractivity contribution in [3.05, 3.63) is 30.3 Å². The van der Waals surface area contributed by atoms with Gasteiger partial charge in [0.2, 0.25) is 0 Å². The predicted octanol–water partition coefficient (Wildman–Crippen LogP) is 0.738. The van der Waals surface area contributed by atoms with Gasteiger partial charge in [0.05, 0.1) is 6.61 Å². The molecule has 3 nitrogen and oxygen atoms in total. The van der Waals surface area contributed by atoms with E-state index in [9.17, 15) is 0 Å². The van der Waals surface area contributed by atoms with E-state index in [4.69, 9.17) is 13.3 Å². The number of benzene rings is 1. The maximum atomic E-state index is 5.85. The summed E-state index contributed by atoms with van der Waals surface area (Å²) in [5.41, 5.74) is 0.